The number of fused-ring (bicyclic) bond motifs is 1. The lowest BCUT2D eigenvalue weighted by Crippen LogP contribution is -2.44. The van der Waals surface area contributed by atoms with Crippen LogP contribution in [0.25, 0.3) is 5.65 Å². The minimum absolute atomic E-state index is 0.0299. The molecule has 1 saturated heterocycles. The van der Waals surface area contributed by atoms with Crippen molar-refractivity contribution in [3.05, 3.63) is 44.9 Å². The van der Waals surface area contributed by atoms with Gasteiger partial charge < -0.3 is 10.2 Å². The van der Waals surface area contributed by atoms with Crippen molar-refractivity contribution in [2.45, 2.75) is 33.6 Å². The molecule has 1 atom stereocenters. The van der Waals surface area contributed by atoms with Crippen LogP contribution in [0.1, 0.15) is 33.6 Å². The average Bonchev–Trinajstić information content (AvgIpc) is 2.65. The number of nitrogens with zero attached hydrogens (tertiary/aromatic N) is 4. The number of amides is 1. The van der Waals surface area contributed by atoms with E-state index >= 15 is 0 Å². The summed E-state index contributed by atoms with van der Waals surface area (Å²) in [6.45, 7) is 7.13. The molecule has 0 aromatic carbocycles. The predicted molar refractivity (Wildman–Crippen MR) is 106 cm³/mol. The summed E-state index contributed by atoms with van der Waals surface area (Å²) in [5, 5.41) is 14.6. The van der Waals surface area contributed by atoms with Crippen molar-refractivity contribution in [1.82, 2.24) is 14.7 Å². The van der Waals surface area contributed by atoms with Gasteiger partial charge in [-0.2, -0.15) is 0 Å². The second-order valence-corrected chi connectivity index (χ2v) is 8.19. The molecule has 3 heterocycles. The van der Waals surface area contributed by atoms with Gasteiger partial charge in [0.25, 0.3) is 0 Å². The van der Waals surface area contributed by atoms with Crippen LogP contribution in [0.4, 0.5) is 11.5 Å². The average molecular weight is 387 g/mol. The van der Waals surface area contributed by atoms with Crippen LogP contribution in [-0.4, -0.2) is 39.8 Å². The van der Waals surface area contributed by atoms with Crippen LogP contribution in [0.2, 0.25) is 0 Å². The predicted octanol–water partition coefficient (Wildman–Crippen LogP) is 1.98. The van der Waals surface area contributed by atoms with Crippen LogP contribution in [0, 0.1) is 21.4 Å². The Hall–Kier alpha value is -2.97. The van der Waals surface area contributed by atoms with Crippen LogP contribution in [0.3, 0.4) is 0 Å². The third-order valence-corrected chi connectivity index (χ3v) is 4.93. The van der Waals surface area contributed by atoms with Crippen molar-refractivity contribution in [1.29, 1.82) is 0 Å². The first-order chi connectivity index (χ1) is 13.2. The van der Waals surface area contributed by atoms with Crippen molar-refractivity contribution in [3.8, 4) is 0 Å². The molecular formula is C19H25N5O4. The van der Waals surface area contributed by atoms with Crippen LogP contribution < -0.4 is 15.8 Å². The number of nitro groups is 1. The van der Waals surface area contributed by atoms with E-state index in [1.54, 1.807) is 23.1 Å². The van der Waals surface area contributed by atoms with E-state index in [-0.39, 0.29) is 17.6 Å². The molecule has 9 heteroatoms. The molecule has 1 unspecified atom stereocenters. The summed E-state index contributed by atoms with van der Waals surface area (Å²) in [5.74, 6) is 0.210. The second-order valence-electron chi connectivity index (χ2n) is 8.19. The summed E-state index contributed by atoms with van der Waals surface area (Å²) in [5.41, 5.74) is -1.30. The lowest BCUT2D eigenvalue weighted by Gasteiger charge is -2.33. The summed E-state index contributed by atoms with van der Waals surface area (Å²) in [6, 6.07) is 5.02. The van der Waals surface area contributed by atoms with Crippen molar-refractivity contribution < 1.29 is 9.72 Å². The van der Waals surface area contributed by atoms with Gasteiger partial charge in [0.1, 0.15) is 5.65 Å². The quantitative estimate of drug-likeness (QED) is 0.634. The minimum Gasteiger partial charge on any atom is -0.355 e. The number of carbonyl (C=O) groups is 1. The highest BCUT2D eigenvalue weighted by Gasteiger charge is 2.31. The Labute approximate surface area is 162 Å². The Balaban J connectivity index is 1.87. The number of aromatic nitrogens is 2. The molecule has 2 aromatic rings. The molecule has 28 heavy (non-hydrogen) atoms. The molecule has 0 aliphatic carbocycles. The number of anilines is 1. The largest absolute Gasteiger partial charge is 0.376 e. The first-order valence-corrected chi connectivity index (χ1v) is 9.37. The van der Waals surface area contributed by atoms with E-state index < -0.39 is 21.6 Å². The highest BCUT2D eigenvalue weighted by Crippen LogP contribution is 2.27. The SMILES string of the molecule is CC(C)(C)C(=O)NCC1CCCN(c2nc3ccccn3c(=O)c2[N+](=O)[O-])C1. The van der Waals surface area contributed by atoms with Gasteiger partial charge in [-0.25, -0.2) is 4.98 Å². The van der Waals surface area contributed by atoms with Gasteiger partial charge in [0.2, 0.25) is 11.7 Å². The number of pyridine rings is 1. The van der Waals surface area contributed by atoms with Crippen LogP contribution in [0.5, 0.6) is 0 Å². The monoisotopic (exact) mass is 387 g/mol. The molecular weight excluding hydrogens is 362 g/mol. The standard InChI is InChI=1S/C19H25N5O4/c1-19(2,3)18(26)20-11-13-7-6-9-22(12-13)16-15(24(27)28)17(25)23-10-5-4-8-14(23)21-16/h4-5,8,10,13H,6-7,9,11-12H2,1-3H3,(H,20,26). The van der Waals surface area contributed by atoms with Crippen LogP contribution in [-0.2, 0) is 4.79 Å². The third-order valence-electron chi connectivity index (χ3n) is 4.93. The third kappa shape index (κ3) is 3.97. The fourth-order valence-corrected chi connectivity index (χ4v) is 3.37. The van der Waals surface area contributed by atoms with Gasteiger partial charge in [-0.15, -0.1) is 0 Å². The first-order valence-electron chi connectivity index (χ1n) is 9.37. The Bertz CT molecular complexity index is 963. The maximum Gasteiger partial charge on any atom is 0.376 e. The smallest absolute Gasteiger partial charge is 0.355 e. The molecule has 1 aliphatic rings. The topological polar surface area (TPSA) is 110 Å². The zero-order valence-corrected chi connectivity index (χ0v) is 16.3. The molecule has 3 rings (SSSR count). The van der Waals surface area contributed by atoms with E-state index in [4.69, 9.17) is 0 Å². The molecule has 1 aliphatic heterocycles. The summed E-state index contributed by atoms with van der Waals surface area (Å²) < 4.78 is 1.19. The van der Waals surface area contributed by atoms with Gasteiger partial charge in [-0.1, -0.05) is 26.8 Å². The Morgan fingerprint density at radius 1 is 1.39 bits per heavy atom. The highest BCUT2D eigenvalue weighted by atomic mass is 16.6. The molecule has 1 N–H and O–H groups in total. The van der Waals surface area contributed by atoms with Crippen molar-refractivity contribution in [2.75, 3.05) is 24.5 Å². The van der Waals surface area contributed by atoms with E-state index in [9.17, 15) is 19.7 Å². The van der Waals surface area contributed by atoms with Crippen LogP contribution in [0.15, 0.2) is 29.2 Å². The lowest BCUT2D eigenvalue weighted by atomic mass is 9.94. The second kappa shape index (κ2) is 7.57. The Kier molecular flexibility index (Phi) is 5.35. The molecule has 2 aromatic heterocycles. The van der Waals surface area contributed by atoms with Crippen molar-refractivity contribution >= 4 is 23.1 Å². The zero-order chi connectivity index (χ0) is 20.5. The van der Waals surface area contributed by atoms with Gasteiger partial charge in [-0.3, -0.25) is 24.1 Å². The van der Waals surface area contributed by atoms with E-state index in [2.05, 4.69) is 10.3 Å². The number of hydrogen-bond acceptors (Lipinski definition) is 6. The zero-order valence-electron chi connectivity index (χ0n) is 16.3. The molecule has 0 spiro atoms. The van der Waals surface area contributed by atoms with Gasteiger partial charge in [-0.05, 0) is 30.9 Å². The van der Waals surface area contributed by atoms with Gasteiger partial charge in [0, 0.05) is 31.2 Å². The molecule has 0 bridgehead atoms. The fourth-order valence-electron chi connectivity index (χ4n) is 3.37. The Morgan fingerprint density at radius 3 is 2.82 bits per heavy atom. The minimum atomic E-state index is -0.686. The normalized spacial score (nSPS) is 17.5. The number of piperidine rings is 1. The lowest BCUT2D eigenvalue weighted by molar-refractivity contribution is -0.385. The number of nitrogens with one attached hydrogen (secondary N) is 1. The highest BCUT2D eigenvalue weighted by molar-refractivity contribution is 5.81. The molecule has 1 amide bonds. The van der Waals surface area contributed by atoms with Crippen LogP contribution >= 0.6 is 0 Å². The van der Waals surface area contributed by atoms with E-state index in [1.165, 1.54) is 10.6 Å². The number of hydrogen-bond donors (Lipinski definition) is 1. The number of carbonyl (C=O) groups excluding carboxylic acids is 1. The maximum absolute atomic E-state index is 12.6. The first kappa shape index (κ1) is 19.8. The van der Waals surface area contributed by atoms with Gasteiger partial charge in [0.15, 0.2) is 0 Å². The summed E-state index contributed by atoms with van der Waals surface area (Å²) in [6.07, 6.45) is 3.19. The van der Waals surface area contributed by atoms with Crippen molar-refractivity contribution in [3.63, 3.8) is 0 Å². The fraction of sp³-hybridized carbons (Fsp3) is 0.526. The van der Waals surface area contributed by atoms with E-state index in [0.29, 0.717) is 25.3 Å². The molecule has 0 saturated carbocycles. The maximum atomic E-state index is 12.6. The summed E-state index contributed by atoms with van der Waals surface area (Å²) >= 11 is 0. The number of rotatable bonds is 4. The van der Waals surface area contributed by atoms with Gasteiger partial charge in [0.05, 0.1) is 4.92 Å². The molecule has 1 fully saturated rings. The van der Waals surface area contributed by atoms with Gasteiger partial charge >= 0.3 is 11.2 Å². The van der Waals surface area contributed by atoms with E-state index in [0.717, 1.165) is 12.8 Å². The van der Waals surface area contributed by atoms with E-state index in [1.807, 2.05) is 20.8 Å². The molecule has 0 radical (unpaired) electrons. The van der Waals surface area contributed by atoms with Crippen molar-refractivity contribution in [2.24, 2.45) is 11.3 Å². The molecule has 9 nitrogen and oxygen atoms in total. The molecule has 150 valence electrons. The summed E-state index contributed by atoms with van der Waals surface area (Å²) in [4.78, 5) is 41.9. The Morgan fingerprint density at radius 2 is 2.14 bits per heavy atom. The summed E-state index contributed by atoms with van der Waals surface area (Å²) in [7, 11) is 0.